The number of ether oxygens (including phenoxy) is 2. The van der Waals surface area contributed by atoms with Crippen LogP contribution in [0.4, 0.5) is 13.2 Å². The van der Waals surface area contributed by atoms with Gasteiger partial charge in [0.05, 0.1) is 0 Å². The van der Waals surface area contributed by atoms with E-state index in [1.807, 2.05) is 13.8 Å². The minimum absolute atomic E-state index is 0.0387. The number of alkyl halides is 3. The molecule has 0 aliphatic rings. The van der Waals surface area contributed by atoms with E-state index in [0.29, 0.717) is 0 Å². The molecule has 0 radical (unpaired) electrons. The lowest BCUT2D eigenvalue weighted by Gasteiger charge is -2.18. The van der Waals surface area contributed by atoms with Crippen LogP contribution in [-0.2, 0) is 4.79 Å². The molecule has 1 N–H and O–H groups in total. The van der Waals surface area contributed by atoms with Crippen LogP contribution >= 0.6 is 0 Å². The molecule has 0 fully saturated rings. The molecule has 0 amide bonds. The number of rotatable bonds is 7. The van der Waals surface area contributed by atoms with Gasteiger partial charge in [-0.2, -0.15) is 0 Å². The molecule has 0 spiro atoms. The van der Waals surface area contributed by atoms with Gasteiger partial charge in [0, 0.05) is 12.3 Å². The maximum atomic E-state index is 12.5. The van der Waals surface area contributed by atoms with Gasteiger partial charge in [-0.15, -0.1) is 13.2 Å². The highest BCUT2D eigenvalue weighted by molar-refractivity contribution is 5.71. The first kappa shape index (κ1) is 20.3. The first-order valence-corrected chi connectivity index (χ1v) is 8.04. The zero-order chi connectivity index (χ0) is 20.2. The van der Waals surface area contributed by atoms with Crippen molar-refractivity contribution in [1.29, 1.82) is 0 Å². The van der Waals surface area contributed by atoms with Gasteiger partial charge in [0.1, 0.15) is 11.8 Å². The molecular weight excluding hydrogens is 367 g/mol. The van der Waals surface area contributed by atoms with Crippen molar-refractivity contribution in [2.75, 3.05) is 0 Å². The summed E-state index contributed by atoms with van der Waals surface area (Å²) in [5.41, 5.74) is -0.644. The lowest BCUT2D eigenvalue weighted by Crippen LogP contribution is -2.30. The molecule has 1 aromatic heterocycles. The van der Waals surface area contributed by atoms with E-state index < -0.39 is 29.7 Å². The fourth-order valence-corrected chi connectivity index (χ4v) is 2.44. The quantitative estimate of drug-likeness (QED) is 0.773. The highest BCUT2D eigenvalue weighted by Crippen LogP contribution is 2.34. The summed E-state index contributed by atoms with van der Waals surface area (Å²) in [6.45, 7) is 3.66. The number of hydrogen-bond acceptors (Lipinski definition) is 4. The van der Waals surface area contributed by atoms with Crippen LogP contribution in [0.3, 0.4) is 0 Å². The third-order valence-electron chi connectivity index (χ3n) is 3.54. The van der Waals surface area contributed by atoms with Gasteiger partial charge in [0.25, 0.3) is 5.56 Å². The predicted molar refractivity (Wildman–Crippen MR) is 90.0 cm³/mol. The van der Waals surface area contributed by atoms with E-state index >= 15 is 0 Å². The molecule has 0 aliphatic heterocycles. The standard InChI is InChI=1S/C18H18F3NO5/c1-11(2)9-13(17(24)25)22-8-7-12(10-16(22)23)26-14-5-3-4-6-15(14)27-18(19,20)21/h3-8,10-11,13H,9H2,1-2H3,(H,24,25). The average Bonchev–Trinajstić information content (AvgIpc) is 2.53. The van der Waals surface area contributed by atoms with E-state index in [-0.39, 0.29) is 23.8 Å². The monoisotopic (exact) mass is 385 g/mol. The summed E-state index contributed by atoms with van der Waals surface area (Å²) < 4.78 is 47.6. The van der Waals surface area contributed by atoms with Crippen LogP contribution in [0.1, 0.15) is 26.3 Å². The minimum atomic E-state index is -4.89. The summed E-state index contributed by atoms with van der Waals surface area (Å²) >= 11 is 0. The first-order chi connectivity index (χ1) is 12.6. The lowest BCUT2D eigenvalue weighted by atomic mass is 10.0. The fourth-order valence-electron chi connectivity index (χ4n) is 2.44. The second kappa shape index (κ2) is 8.15. The van der Waals surface area contributed by atoms with Gasteiger partial charge in [-0.3, -0.25) is 4.79 Å². The molecule has 2 rings (SSSR count). The Morgan fingerprint density at radius 3 is 2.33 bits per heavy atom. The number of carboxylic acid groups (broad SMARTS) is 1. The van der Waals surface area contributed by atoms with E-state index in [2.05, 4.69) is 4.74 Å². The Morgan fingerprint density at radius 1 is 1.19 bits per heavy atom. The van der Waals surface area contributed by atoms with Gasteiger partial charge >= 0.3 is 12.3 Å². The molecule has 1 unspecified atom stereocenters. The van der Waals surface area contributed by atoms with Crippen molar-refractivity contribution in [2.24, 2.45) is 5.92 Å². The highest BCUT2D eigenvalue weighted by atomic mass is 19.4. The van der Waals surface area contributed by atoms with Crippen LogP contribution in [-0.4, -0.2) is 22.0 Å². The number of nitrogens with zero attached hydrogens (tertiary/aromatic N) is 1. The maximum Gasteiger partial charge on any atom is 0.573 e. The third-order valence-corrected chi connectivity index (χ3v) is 3.54. The largest absolute Gasteiger partial charge is 0.573 e. The molecule has 9 heteroatoms. The van der Waals surface area contributed by atoms with Gasteiger partial charge in [-0.25, -0.2) is 4.79 Å². The molecule has 1 heterocycles. The van der Waals surface area contributed by atoms with Crippen molar-refractivity contribution >= 4 is 5.97 Å². The molecule has 0 saturated heterocycles. The van der Waals surface area contributed by atoms with Crippen LogP contribution in [0.15, 0.2) is 47.4 Å². The SMILES string of the molecule is CC(C)CC(C(=O)O)n1ccc(Oc2ccccc2OC(F)(F)F)cc1=O. The molecule has 0 saturated carbocycles. The summed E-state index contributed by atoms with van der Waals surface area (Å²) in [6, 6.07) is 6.40. The third kappa shape index (κ3) is 5.77. The Balaban J connectivity index is 2.29. The Morgan fingerprint density at radius 2 is 1.81 bits per heavy atom. The smallest absolute Gasteiger partial charge is 0.480 e. The summed E-state index contributed by atoms with van der Waals surface area (Å²) in [5.74, 6) is -1.94. The van der Waals surface area contributed by atoms with Crippen LogP contribution < -0.4 is 15.0 Å². The van der Waals surface area contributed by atoms with Gasteiger partial charge in [-0.1, -0.05) is 26.0 Å². The zero-order valence-electron chi connectivity index (χ0n) is 14.6. The lowest BCUT2D eigenvalue weighted by molar-refractivity contribution is -0.275. The Labute approximate surface area is 152 Å². The van der Waals surface area contributed by atoms with Crippen LogP contribution in [0.5, 0.6) is 17.2 Å². The number of hydrogen-bond donors (Lipinski definition) is 1. The zero-order valence-corrected chi connectivity index (χ0v) is 14.6. The molecule has 1 aromatic carbocycles. The van der Waals surface area contributed by atoms with Crippen molar-refractivity contribution in [3.05, 3.63) is 52.9 Å². The van der Waals surface area contributed by atoms with Gasteiger partial charge in [0.2, 0.25) is 0 Å². The molecule has 1 atom stereocenters. The second-order valence-corrected chi connectivity index (χ2v) is 6.19. The fraction of sp³-hybridized carbons (Fsp3) is 0.333. The van der Waals surface area contributed by atoms with Crippen molar-refractivity contribution in [3.8, 4) is 17.2 Å². The number of pyridine rings is 1. The van der Waals surface area contributed by atoms with Gasteiger partial charge in [-0.05, 0) is 30.5 Å². The number of carbonyl (C=O) groups is 1. The van der Waals surface area contributed by atoms with Crippen molar-refractivity contribution < 1.29 is 32.5 Å². The summed E-state index contributed by atoms with van der Waals surface area (Å²) in [7, 11) is 0. The number of carboxylic acids is 1. The van der Waals surface area contributed by atoms with Crippen molar-refractivity contribution in [3.63, 3.8) is 0 Å². The van der Waals surface area contributed by atoms with Crippen molar-refractivity contribution in [1.82, 2.24) is 4.57 Å². The van der Waals surface area contributed by atoms with E-state index in [4.69, 9.17) is 4.74 Å². The topological polar surface area (TPSA) is 77.8 Å². The Bertz CT molecular complexity index is 861. The van der Waals surface area contributed by atoms with E-state index in [1.54, 1.807) is 0 Å². The summed E-state index contributed by atoms with van der Waals surface area (Å²) in [6.07, 6.45) is -3.40. The number of aromatic nitrogens is 1. The molecule has 0 aliphatic carbocycles. The second-order valence-electron chi connectivity index (χ2n) is 6.19. The Hall–Kier alpha value is -2.97. The highest BCUT2D eigenvalue weighted by Gasteiger charge is 2.32. The van der Waals surface area contributed by atoms with Gasteiger partial charge in [0.15, 0.2) is 11.5 Å². The molecule has 146 valence electrons. The molecule has 27 heavy (non-hydrogen) atoms. The van der Waals surface area contributed by atoms with Crippen LogP contribution in [0.25, 0.3) is 0 Å². The first-order valence-electron chi connectivity index (χ1n) is 8.04. The molecule has 6 nitrogen and oxygen atoms in total. The average molecular weight is 385 g/mol. The van der Waals surface area contributed by atoms with Gasteiger partial charge < -0.3 is 19.1 Å². The molecule has 0 bridgehead atoms. The minimum Gasteiger partial charge on any atom is -0.480 e. The number of para-hydroxylation sites is 2. The van der Waals surface area contributed by atoms with E-state index in [1.165, 1.54) is 30.5 Å². The van der Waals surface area contributed by atoms with E-state index in [9.17, 15) is 27.9 Å². The maximum absolute atomic E-state index is 12.5. The van der Waals surface area contributed by atoms with Crippen LogP contribution in [0, 0.1) is 5.92 Å². The molecule has 2 aromatic rings. The van der Waals surface area contributed by atoms with Crippen LogP contribution in [0.2, 0.25) is 0 Å². The number of benzene rings is 1. The van der Waals surface area contributed by atoms with E-state index in [0.717, 1.165) is 16.7 Å². The predicted octanol–water partition coefficient (Wildman–Crippen LogP) is 4.21. The number of halogens is 3. The molecular formula is C18H18F3NO5. The van der Waals surface area contributed by atoms with Crippen molar-refractivity contribution in [2.45, 2.75) is 32.7 Å². The normalized spacial score (nSPS) is 12.7. The number of aliphatic carboxylic acids is 1. The summed E-state index contributed by atoms with van der Waals surface area (Å²) in [4.78, 5) is 23.7. The summed E-state index contributed by atoms with van der Waals surface area (Å²) in [5, 5.41) is 9.34. The Kier molecular flexibility index (Phi) is 6.14.